The minimum Gasteiger partial charge on any atom is -0.481 e. The van der Waals surface area contributed by atoms with Crippen molar-refractivity contribution < 1.29 is 9.13 Å². The SMILES string of the molecule is CC(N)C(Oc1ccccc1F)c1ccc(Br)cc1. The van der Waals surface area contributed by atoms with Crippen LogP contribution in [0.2, 0.25) is 0 Å². The van der Waals surface area contributed by atoms with Crippen molar-refractivity contribution in [2.75, 3.05) is 0 Å². The van der Waals surface area contributed by atoms with Crippen LogP contribution in [-0.4, -0.2) is 6.04 Å². The molecule has 0 spiro atoms. The molecule has 0 aliphatic heterocycles. The summed E-state index contributed by atoms with van der Waals surface area (Å²) in [5, 5.41) is 0. The summed E-state index contributed by atoms with van der Waals surface area (Å²) in [7, 11) is 0. The minimum atomic E-state index is -0.384. The summed E-state index contributed by atoms with van der Waals surface area (Å²) < 4.78 is 20.3. The van der Waals surface area contributed by atoms with Crippen molar-refractivity contribution >= 4 is 15.9 Å². The molecular formula is C15H15BrFNO. The number of benzene rings is 2. The molecular weight excluding hydrogens is 309 g/mol. The molecule has 2 aromatic carbocycles. The molecule has 0 saturated heterocycles. The van der Waals surface area contributed by atoms with Gasteiger partial charge < -0.3 is 10.5 Å². The molecule has 2 nitrogen and oxygen atoms in total. The van der Waals surface area contributed by atoms with Crippen molar-refractivity contribution in [2.45, 2.75) is 19.1 Å². The average Bonchev–Trinajstić information content (AvgIpc) is 2.39. The number of rotatable bonds is 4. The topological polar surface area (TPSA) is 35.2 Å². The van der Waals surface area contributed by atoms with Crippen molar-refractivity contribution in [3.05, 3.63) is 64.4 Å². The largest absolute Gasteiger partial charge is 0.481 e. The van der Waals surface area contributed by atoms with Gasteiger partial charge in [-0.2, -0.15) is 0 Å². The van der Waals surface area contributed by atoms with E-state index in [4.69, 9.17) is 10.5 Å². The van der Waals surface area contributed by atoms with Gasteiger partial charge in [0.05, 0.1) is 0 Å². The van der Waals surface area contributed by atoms with Gasteiger partial charge in [-0.05, 0) is 36.8 Å². The fourth-order valence-electron chi connectivity index (χ4n) is 1.81. The van der Waals surface area contributed by atoms with E-state index in [0.717, 1.165) is 10.0 Å². The van der Waals surface area contributed by atoms with Crippen molar-refractivity contribution in [1.29, 1.82) is 0 Å². The Bertz CT molecular complexity index is 542. The maximum absolute atomic E-state index is 13.6. The Kier molecular flexibility index (Phi) is 4.56. The first-order valence-corrected chi connectivity index (χ1v) is 6.79. The molecule has 0 radical (unpaired) electrons. The molecule has 0 aliphatic rings. The molecule has 100 valence electrons. The van der Waals surface area contributed by atoms with E-state index in [1.165, 1.54) is 6.07 Å². The molecule has 0 aliphatic carbocycles. The zero-order chi connectivity index (χ0) is 13.8. The van der Waals surface area contributed by atoms with Crippen LogP contribution < -0.4 is 10.5 Å². The highest BCUT2D eigenvalue weighted by molar-refractivity contribution is 9.10. The van der Waals surface area contributed by atoms with Crippen LogP contribution in [0.3, 0.4) is 0 Å². The number of para-hydroxylation sites is 1. The van der Waals surface area contributed by atoms with Crippen LogP contribution in [-0.2, 0) is 0 Å². The zero-order valence-electron chi connectivity index (χ0n) is 10.5. The second-order valence-electron chi connectivity index (χ2n) is 4.38. The minimum absolute atomic E-state index is 0.215. The van der Waals surface area contributed by atoms with Gasteiger partial charge in [-0.15, -0.1) is 0 Å². The Morgan fingerprint density at radius 3 is 2.32 bits per heavy atom. The third-order valence-electron chi connectivity index (χ3n) is 2.77. The van der Waals surface area contributed by atoms with Crippen molar-refractivity contribution in [2.24, 2.45) is 5.73 Å². The van der Waals surface area contributed by atoms with Crippen LogP contribution in [0.4, 0.5) is 4.39 Å². The maximum atomic E-state index is 13.6. The van der Waals surface area contributed by atoms with Crippen LogP contribution in [0.15, 0.2) is 53.0 Å². The van der Waals surface area contributed by atoms with Crippen molar-refractivity contribution in [1.82, 2.24) is 0 Å². The lowest BCUT2D eigenvalue weighted by Gasteiger charge is -2.23. The van der Waals surface area contributed by atoms with Crippen LogP contribution in [0.5, 0.6) is 5.75 Å². The monoisotopic (exact) mass is 323 g/mol. The van der Waals surface area contributed by atoms with Crippen molar-refractivity contribution in [3.63, 3.8) is 0 Å². The highest BCUT2D eigenvalue weighted by Crippen LogP contribution is 2.27. The summed E-state index contributed by atoms with van der Waals surface area (Å²) in [6, 6.07) is 13.7. The summed E-state index contributed by atoms with van der Waals surface area (Å²) >= 11 is 3.38. The van der Waals surface area contributed by atoms with Crippen LogP contribution >= 0.6 is 15.9 Å². The molecule has 0 fully saturated rings. The second kappa shape index (κ2) is 6.17. The van der Waals surface area contributed by atoms with Gasteiger partial charge in [-0.3, -0.25) is 0 Å². The molecule has 4 heteroatoms. The van der Waals surface area contributed by atoms with Crippen LogP contribution in [0.25, 0.3) is 0 Å². The summed E-state index contributed by atoms with van der Waals surface area (Å²) in [4.78, 5) is 0. The lowest BCUT2D eigenvalue weighted by Crippen LogP contribution is -2.29. The first-order chi connectivity index (χ1) is 9.08. The zero-order valence-corrected chi connectivity index (χ0v) is 12.1. The maximum Gasteiger partial charge on any atom is 0.165 e. The Morgan fingerprint density at radius 2 is 1.74 bits per heavy atom. The molecule has 2 aromatic rings. The molecule has 0 amide bonds. The van der Waals surface area contributed by atoms with E-state index < -0.39 is 0 Å². The number of nitrogens with two attached hydrogens (primary N) is 1. The quantitative estimate of drug-likeness (QED) is 0.921. The molecule has 2 unspecified atom stereocenters. The summed E-state index contributed by atoms with van der Waals surface area (Å²) in [6.45, 7) is 1.84. The first-order valence-electron chi connectivity index (χ1n) is 6.00. The lowest BCUT2D eigenvalue weighted by atomic mass is 10.0. The number of hydrogen-bond donors (Lipinski definition) is 1. The normalized spacial score (nSPS) is 13.9. The van der Waals surface area contributed by atoms with Crippen molar-refractivity contribution in [3.8, 4) is 5.75 Å². The van der Waals surface area contributed by atoms with E-state index in [1.54, 1.807) is 18.2 Å². The predicted molar refractivity (Wildman–Crippen MR) is 77.6 cm³/mol. The summed E-state index contributed by atoms with van der Waals surface area (Å²) in [5.41, 5.74) is 6.86. The average molecular weight is 324 g/mol. The highest BCUT2D eigenvalue weighted by Gasteiger charge is 2.19. The molecule has 19 heavy (non-hydrogen) atoms. The Labute approximate surface area is 120 Å². The molecule has 0 bridgehead atoms. The van der Waals surface area contributed by atoms with Crippen LogP contribution in [0.1, 0.15) is 18.6 Å². The van der Waals surface area contributed by atoms with Gasteiger partial charge >= 0.3 is 0 Å². The summed E-state index contributed by atoms with van der Waals surface area (Å²) in [6.07, 6.45) is -0.384. The third-order valence-corrected chi connectivity index (χ3v) is 3.30. The van der Waals surface area contributed by atoms with Gasteiger partial charge in [0, 0.05) is 10.5 Å². The lowest BCUT2D eigenvalue weighted by molar-refractivity contribution is 0.172. The first kappa shape index (κ1) is 14.0. The van der Waals surface area contributed by atoms with Gasteiger partial charge in [-0.25, -0.2) is 4.39 Å². The van der Waals surface area contributed by atoms with E-state index in [2.05, 4.69) is 15.9 Å². The van der Waals surface area contributed by atoms with Gasteiger partial charge in [-0.1, -0.05) is 40.2 Å². The highest BCUT2D eigenvalue weighted by atomic mass is 79.9. The molecule has 0 heterocycles. The Morgan fingerprint density at radius 1 is 1.11 bits per heavy atom. The number of hydrogen-bond acceptors (Lipinski definition) is 2. The third kappa shape index (κ3) is 3.55. The van der Waals surface area contributed by atoms with Gasteiger partial charge in [0.15, 0.2) is 11.6 Å². The molecule has 2 atom stereocenters. The van der Waals surface area contributed by atoms with E-state index in [0.29, 0.717) is 0 Å². The fraction of sp³-hybridized carbons (Fsp3) is 0.200. The van der Waals surface area contributed by atoms with E-state index in [1.807, 2.05) is 31.2 Å². The number of ether oxygens (including phenoxy) is 1. The van der Waals surface area contributed by atoms with Crippen LogP contribution in [0, 0.1) is 5.82 Å². The van der Waals surface area contributed by atoms with Gasteiger partial charge in [0.2, 0.25) is 0 Å². The van der Waals surface area contributed by atoms with E-state index in [-0.39, 0.29) is 23.7 Å². The Balaban J connectivity index is 2.26. The molecule has 2 N–H and O–H groups in total. The molecule has 2 rings (SSSR count). The molecule has 0 aromatic heterocycles. The summed E-state index contributed by atoms with van der Waals surface area (Å²) in [5.74, 6) is -0.169. The second-order valence-corrected chi connectivity index (χ2v) is 5.30. The molecule has 0 saturated carbocycles. The fourth-order valence-corrected chi connectivity index (χ4v) is 2.07. The van der Waals surface area contributed by atoms with Gasteiger partial charge in [0.1, 0.15) is 6.10 Å². The smallest absolute Gasteiger partial charge is 0.165 e. The number of halogens is 2. The Hall–Kier alpha value is -1.39. The van der Waals surface area contributed by atoms with E-state index >= 15 is 0 Å². The van der Waals surface area contributed by atoms with E-state index in [9.17, 15) is 4.39 Å². The van der Waals surface area contributed by atoms with Gasteiger partial charge in [0.25, 0.3) is 0 Å². The standard InChI is InChI=1S/C15H15BrFNO/c1-10(18)15(11-6-8-12(16)9-7-11)19-14-5-3-2-4-13(14)17/h2-10,15H,18H2,1H3. The predicted octanol–water partition coefficient (Wildman–Crippen LogP) is 4.06.